The van der Waals surface area contributed by atoms with E-state index in [4.69, 9.17) is 5.11 Å². The highest BCUT2D eigenvalue weighted by molar-refractivity contribution is 7.99. The van der Waals surface area contributed by atoms with Gasteiger partial charge < -0.3 is 5.11 Å². The summed E-state index contributed by atoms with van der Waals surface area (Å²) < 4.78 is 0. The molecule has 0 aliphatic rings. The first-order valence-electron chi connectivity index (χ1n) is 6.47. The highest BCUT2D eigenvalue weighted by atomic mass is 32.2. The van der Waals surface area contributed by atoms with Crippen LogP contribution in [0.5, 0.6) is 0 Å². The molecule has 4 heteroatoms. The number of aliphatic carboxylic acids is 1. The maximum absolute atomic E-state index is 11.7. The Bertz CT molecular complexity index is 424. The highest BCUT2D eigenvalue weighted by Gasteiger charge is 2.08. The molecule has 0 aromatic heterocycles. The topological polar surface area (TPSA) is 54.4 Å². The Morgan fingerprint density at radius 2 is 1.79 bits per heavy atom. The normalized spacial score (nSPS) is 10.7. The molecular formula is C15H20O3S. The molecule has 0 aliphatic heterocycles. The number of carboxylic acid groups (broad SMARTS) is 1. The van der Waals surface area contributed by atoms with Crippen molar-refractivity contribution in [2.24, 2.45) is 5.92 Å². The molecule has 0 spiro atoms. The second-order valence-electron chi connectivity index (χ2n) is 4.87. The zero-order valence-corrected chi connectivity index (χ0v) is 12.2. The molecule has 0 bridgehead atoms. The quantitative estimate of drug-likeness (QED) is 0.580. The highest BCUT2D eigenvalue weighted by Crippen LogP contribution is 2.21. The van der Waals surface area contributed by atoms with Gasteiger partial charge in [-0.1, -0.05) is 26.0 Å². The Labute approximate surface area is 118 Å². The molecule has 0 unspecified atom stereocenters. The Balaban J connectivity index is 2.46. The molecule has 0 aliphatic carbocycles. The third-order valence-electron chi connectivity index (χ3n) is 2.71. The number of carbonyl (C=O) groups is 2. The Morgan fingerprint density at radius 1 is 1.16 bits per heavy atom. The van der Waals surface area contributed by atoms with Crippen molar-refractivity contribution in [1.29, 1.82) is 0 Å². The minimum absolute atomic E-state index is 0.0647. The number of rotatable bonds is 8. The van der Waals surface area contributed by atoms with Crippen LogP contribution in [-0.4, -0.2) is 22.6 Å². The average molecular weight is 280 g/mol. The first kappa shape index (κ1) is 15.8. The fraction of sp³-hybridized carbons (Fsp3) is 0.467. The summed E-state index contributed by atoms with van der Waals surface area (Å²) >= 11 is 1.78. The van der Waals surface area contributed by atoms with Crippen LogP contribution < -0.4 is 0 Å². The van der Waals surface area contributed by atoms with Crippen molar-refractivity contribution in [3.63, 3.8) is 0 Å². The molecule has 1 aromatic rings. The van der Waals surface area contributed by atoms with E-state index in [0.29, 0.717) is 11.5 Å². The third kappa shape index (κ3) is 6.43. The van der Waals surface area contributed by atoms with E-state index < -0.39 is 5.97 Å². The Kier molecular flexibility index (Phi) is 6.64. The zero-order valence-electron chi connectivity index (χ0n) is 11.4. The van der Waals surface area contributed by atoms with Crippen LogP contribution >= 0.6 is 11.8 Å². The van der Waals surface area contributed by atoms with Crippen molar-refractivity contribution < 1.29 is 14.7 Å². The van der Waals surface area contributed by atoms with Gasteiger partial charge in [-0.3, -0.25) is 9.59 Å². The van der Waals surface area contributed by atoms with Gasteiger partial charge in [0.25, 0.3) is 0 Å². The summed E-state index contributed by atoms with van der Waals surface area (Å²) in [5, 5.41) is 8.54. The number of hydrogen-bond donors (Lipinski definition) is 1. The molecule has 0 saturated carbocycles. The molecule has 0 fully saturated rings. The summed E-state index contributed by atoms with van der Waals surface area (Å²) in [5.41, 5.74) is 0.592. The van der Waals surface area contributed by atoms with Crippen molar-refractivity contribution in [1.82, 2.24) is 0 Å². The van der Waals surface area contributed by atoms with Gasteiger partial charge in [-0.05, 0) is 30.2 Å². The van der Waals surface area contributed by atoms with Gasteiger partial charge in [0, 0.05) is 16.9 Å². The molecule has 0 amide bonds. The molecule has 1 aromatic carbocycles. The summed E-state index contributed by atoms with van der Waals surface area (Å²) in [5.74, 6) is 0.726. The van der Waals surface area contributed by atoms with Crippen molar-refractivity contribution in [2.75, 3.05) is 5.75 Å². The van der Waals surface area contributed by atoms with Gasteiger partial charge in [-0.2, -0.15) is 0 Å². The van der Waals surface area contributed by atoms with E-state index in [1.807, 2.05) is 12.1 Å². The standard InChI is InChI=1S/C15H20O3S/c1-11(2)9-10-19-13-5-3-12(4-6-13)14(16)7-8-15(17)18/h3-6,11H,7-10H2,1-2H3,(H,17,18). The molecule has 104 valence electrons. The zero-order chi connectivity index (χ0) is 14.3. The summed E-state index contributed by atoms with van der Waals surface area (Å²) in [6, 6.07) is 7.42. The Morgan fingerprint density at radius 3 is 2.32 bits per heavy atom. The Hall–Kier alpha value is -1.29. The predicted molar refractivity (Wildman–Crippen MR) is 77.8 cm³/mol. The summed E-state index contributed by atoms with van der Waals surface area (Å²) in [7, 11) is 0. The smallest absolute Gasteiger partial charge is 0.303 e. The van der Waals surface area contributed by atoms with Crippen molar-refractivity contribution in [2.45, 2.75) is 38.0 Å². The number of ketones is 1. The van der Waals surface area contributed by atoms with E-state index in [-0.39, 0.29) is 18.6 Å². The van der Waals surface area contributed by atoms with Crippen molar-refractivity contribution in [3.8, 4) is 0 Å². The van der Waals surface area contributed by atoms with Crippen molar-refractivity contribution in [3.05, 3.63) is 29.8 Å². The van der Waals surface area contributed by atoms with E-state index in [9.17, 15) is 9.59 Å². The minimum Gasteiger partial charge on any atom is -0.481 e. The second-order valence-corrected chi connectivity index (χ2v) is 6.04. The van der Waals surface area contributed by atoms with Gasteiger partial charge in [0.2, 0.25) is 0 Å². The molecule has 0 radical (unpaired) electrons. The molecule has 1 rings (SSSR count). The maximum atomic E-state index is 11.7. The maximum Gasteiger partial charge on any atom is 0.303 e. The van der Waals surface area contributed by atoms with Crippen LogP contribution in [0.15, 0.2) is 29.2 Å². The number of carbonyl (C=O) groups excluding carboxylic acids is 1. The van der Waals surface area contributed by atoms with Crippen LogP contribution in [0, 0.1) is 5.92 Å². The number of benzene rings is 1. The fourth-order valence-electron chi connectivity index (χ4n) is 1.51. The van der Waals surface area contributed by atoms with Gasteiger partial charge in [-0.25, -0.2) is 0 Å². The van der Waals surface area contributed by atoms with Gasteiger partial charge in [-0.15, -0.1) is 11.8 Å². The first-order chi connectivity index (χ1) is 8.99. The van der Waals surface area contributed by atoms with Gasteiger partial charge >= 0.3 is 5.97 Å². The number of carboxylic acids is 1. The summed E-state index contributed by atoms with van der Waals surface area (Å²) in [4.78, 5) is 23.2. The van der Waals surface area contributed by atoms with E-state index in [0.717, 1.165) is 10.6 Å². The fourth-order valence-corrected chi connectivity index (χ4v) is 2.67. The van der Waals surface area contributed by atoms with Crippen LogP contribution in [0.1, 0.15) is 43.5 Å². The van der Waals surface area contributed by atoms with Crippen molar-refractivity contribution >= 4 is 23.5 Å². The lowest BCUT2D eigenvalue weighted by Crippen LogP contribution is -2.03. The summed E-state index contributed by atoms with van der Waals surface area (Å²) in [6.45, 7) is 4.40. The van der Waals surface area contributed by atoms with Crippen LogP contribution in [-0.2, 0) is 4.79 Å². The SMILES string of the molecule is CC(C)CCSc1ccc(C(=O)CCC(=O)O)cc1. The second kappa shape index (κ2) is 8.00. The molecule has 19 heavy (non-hydrogen) atoms. The molecule has 0 saturated heterocycles. The van der Waals surface area contributed by atoms with Gasteiger partial charge in [0.05, 0.1) is 6.42 Å². The largest absolute Gasteiger partial charge is 0.481 e. The lowest BCUT2D eigenvalue weighted by Gasteiger charge is -2.05. The van der Waals surface area contributed by atoms with Crippen LogP contribution in [0.25, 0.3) is 0 Å². The first-order valence-corrected chi connectivity index (χ1v) is 7.45. The number of Topliss-reactive ketones (excluding diaryl/α,β-unsaturated/α-hetero) is 1. The molecule has 1 N–H and O–H groups in total. The molecule has 0 heterocycles. The van der Waals surface area contributed by atoms with E-state index >= 15 is 0 Å². The van der Waals surface area contributed by atoms with E-state index in [2.05, 4.69) is 13.8 Å². The van der Waals surface area contributed by atoms with Crippen LogP contribution in [0.2, 0.25) is 0 Å². The van der Waals surface area contributed by atoms with E-state index in [1.54, 1.807) is 23.9 Å². The van der Waals surface area contributed by atoms with Crippen LogP contribution in [0.4, 0.5) is 0 Å². The molecule has 3 nitrogen and oxygen atoms in total. The monoisotopic (exact) mass is 280 g/mol. The number of thioether (sulfide) groups is 1. The minimum atomic E-state index is -0.936. The predicted octanol–water partition coefficient (Wildman–Crippen LogP) is 3.87. The van der Waals surface area contributed by atoms with Gasteiger partial charge in [0.1, 0.15) is 0 Å². The van der Waals surface area contributed by atoms with Gasteiger partial charge in [0.15, 0.2) is 5.78 Å². The lowest BCUT2D eigenvalue weighted by molar-refractivity contribution is -0.136. The lowest BCUT2D eigenvalue weighted by atomic mass is 10.1. The summed E-state index contributed by atoms with van der Waals surface area (Å²) in [6.07, 6.45) is 1.13. The van der Waals surface area contributed by atoms with Crippen LogP contribution in [0.3, 0.4) is 0 Å². The van der Waals surface area contributed by atoms with E-state index in [1.165, 1.54) is 6.42 Å². The number of hydrogen-bond acceptors (Lipinski definition) is 3. The average Bonchev–Trinajstić information content (AvgIpc) is 2.36. The third-order valence-corrected chi connectivity index (χ3v) is 3.75. The molecule has 0 atom stereocenters. The molecular weight excluding hydrogens is 260 g/mol.